The number of aliphatic carboxylic acids is 1. The van der Waals surface area contributed by atoms with Crippen LogP contribution >= 0.6 is 0 Å². The smallest absolute Gasteiger partial charge is 0.329 e. The van der Waals surface area contributed by atoms with Crippen LogP contribution in [-0.4, -0.2) is 39.8 Å². The number of carboxylic acids is 1. The van der Waals surface area contributed by atoms with Gasteiger partial charge in [0.1, 0.15) is 5.75 Å². The molecule has 39 heavy (non-hydrogen) atoms. The molecule has 0 fully saturated rings. The number of fused-ring (bicyclic) bond motifs is 2. The maximum absolute atomic E-state index is 13.5. The van der Waals surface area contributed by atoms with Gasteiger partial charge in [0.15, 0.2) is 0 Å². The van der Waals surface area contributed by atoms with Crippen molar-refractivity contribution < 1.29 is 19.4 Å². The summed E-state index contributed by atoms with van der Waals surface area (Å²) >= 11 is 0. The standard InChI is InChI=1S/C31H29N3O5/c1-39-28-12-5-3-8-22(28)15-17-32-30(37)23-13-14-26-27(19-23)33(18-16-29(35)36)31(38)34(26)20-24-10-6-9-21-7-2-4-11-25(21)24/h2-14,19H,15-18,20H2,1H3,(H,32,37)(H,35,36). The van der Waals surface area contributed by atoms with E-state index in [-0.39, 0.29) is 24.6 Å². The highest BCUT2D eigenvalue weighted by atomic mass is 16.5. The number of benzene rings is 4. The Morgan fingerprint density at radius 1 is 0.872 bits per heavy atom. The summed E-state index contributed by atoms with van der Waals surface area (Å²) in [6.07, 6.45) is 0.394. The maximum Gasteiger partial charge on any atom is 0.329 e. The van der Waals surface area contributed by atoms with Crippen LogP contribution in [0.15, 0.2) is 89.7 Å². The van der Waals surface area contributed by atoms with Gasteiger partial charge in [-0.3, -0.25) is 18.7 Å². The molecule has 0 aliphatic carbocycles. The largest absolute Gasteiger partial charge is 0.496 e. The number of hydrogen-bond acceptors (Lipinski definition) is 4. The van der Waals surface area contributed by atoms with Crippen molar-refractivity contribution in [1.29, 1.82) is 0 Å². The average Bonchev–Trinajstić information content (AvgIpc) is 3.21. The molecule has 1 heterocycles. The van der Waals surface area contributed by atoms with Gasteiger partial charge in [0, 0.05) is 18.7 Å². The molecule has 0 saturated carbocycles. The van der Waals surface area contributed by atoms with Gasteiger partial charge in [-0.2, -0.15) is 0 Å². The first-order chi connectivity index (χ1) is 19.0. The molecule has 1 aromatic heterocycles. The van der Waals surface area contributed by atoms with Crippen LogP contribution in [0.3, 0.4) is 0 Å². The molecule has 0 bridgehead atoms. The molecule has 1 amide bonds. The number of imidazole rings is 1. The Bertz CT molecular complexity index is 1730. The van der Waals surface area contributed by atoms with E-state index in [9.17, 15) is 19.5 Å². The van der Waals surface area contributed by atoms with Crippen molar-refractivity contribution in [3.8, 4) is 5.75 Å². The van der Waals surface area contributed by atoms with Gasteiger partial charge in [-0.05, 0) is 52.6 Å². The number of nitrogens with zero attached hydrogens (tertiary/aromatic N) is 2. The van der Waals surface area contributed by atoms with E-state index in [4.69, 9.17) is 4.74 Å². The molecule has 0 unspecified atom stereocenters. The highest BCUT2D eigenvalue weighted by molar-refractivity contribution is 5.97. The molecule has 0 saturated heterocycles. The summed E-state index contributed by atoms with van der Waals surface area (Å²) < 4.78 is 8.47. The molecule has 5 rings (SSSR count). The maximum atomic E-state index is 13.5. The molecule has 4 aromatic carbocycles. The highest BCUT2D eigenvalue weighted by Crippen LogP contribution is 2.23. The van der Waals surface area contributed by atoms with Gasteiger partial charge < -0.3 is 15.2 Å². The monoisotopic (exact) mass is 523 g/mol. The topological polar surface area (TPSA) is 103 Å². The van der Waals surface area contributed by atoms with E-state index in [0.29, 0.717) is 36.1 Å². The van der Waals surface area contributed by atoms with Crippen LogP contribution in [0.1, 0.15) is 27.9 Å². The van der Waals surface area contributed by atoms with E-state index in [1.807, 2.05) is 66.7 Å². The van der Waals surface area contributed by atoms with Crippen LogP contribution in [-0.2, 0) is 24.3 Å². The van der Waals surface area contributed by atoms with Gasteiger partial charge in [-0.15, -0.1) is 0 Å². The fourth-order valence-electron chi connectivity index (χ4n) is 4.96. The van der Waals surface area contributed by atoms with Crippen LogP contribution in [0.5, 0.6) is 5.75 Å². The molecule has 8 heteroatoms. The van der Waals surface area contributed by atoms with Crippen molar-refractivity contribution in [2.24, 2.45) is 0 Å². The van der Waals surface area contributed by atoms with Crippen molar-refractivity contribution in [3.63, 3.8) is 0 Å². The number of amides is 1. The predicted octanol–water partition coefficient (Wildman–Crippen LogP) is 4.46. The summed E-state index contributed by atoms with van der Waals surface area (Å²) in [5.41, 5.74) is 3.22. The molecule has 2 N–H and O–H groups in total. The minimum Gasteiger partial charge on any atom is -0.496 e. The Kier molecular flexibility index (Phi) is 7.45. The second-order valence-corrected chi connectivity index (χ2v) is 9.32. The molecule has 8 nitrogen and oxygen atoms in total. The summed E-state index contributed by atoms with van der Waals surface area (Å²) in [6.45, 7) is 0.735. The Morgan fingerprint density at radius 3 is 2.44 bits per heavy atom. The Labute approximate surface area is 225 Å². The Morgan fingerprint density at radius 2 is 1.62 bits per heavy atom. The molecule has 198 valence electrons. The Hall–Kier alpha value is -4.85. The van der Waals surface area contributed by atoms with E-state index >= 15 is 0 Å². The lowest BCUT2D eigenvalue weighted by molar-refractivity contribution is -0.137. The van der Waals surface area contributed by atoms with Gasteiger partial charge >= 0.3 is 11.7 Å². The minimum atomic E-state index is -0.998. The van der Waals surface area contributed by atoms with E-state index < -0.39 is 5.97 Å². The number of rotatable bonds is 10. The fourth-order valence-corrected chi connectivity index (χ4v) is 4.96. The number of nitrogens with one attached hydrogen (secondary N) is 1. The zero-order valence-corrected chi connectivity index (χ0v) is 21.6. The lowest BCUT2D eigenvalue weighted by Crippen LogP contribution is -2.26. The normalized spacial score (nSPS) is 11.1. The molecular weight excluding hydrogens is 494 g/mol. The summed E-state index contributed by atoms with van der Waals surface area (Å²) in [6, 6.07) is 26.7. The van der Waals surface area contributed by atoms with Crippen molar-refractivity contribution in [3.05, 3.63) is 112 Å². The van der Waals surface area contributed by atoms with E-state index in [2.05, 4.69) is 5.32 Å². The number of ether oxygens (including phenoxy) is 1. The van der Waals surface area contributed by atoms with Gasteiger partial charge in [0.25, 0.3) is 5.91 Å². The highest BCUT2D eigenvalue weighted by Gasteiger charge is 2.17. The molecule has 0 aliphatic heterocycles. The quantitative estimate of drug-likeness (QED) is 0.281. The number of carboxylic acid groups (broad SMARTS) is 1. The van der Waals surface area contributed by atoms with E-state index in [0.717, 1.165) is 27.6 Å². The second-order valence-electron chi connectivity index (χ2n) is 9.32. The number of carbonyl (C=O) groups is 2. The van der Waals surface area contributed by atoms with Crippen LogP contribution in [0.2, 0.25) is 0 Å². The third-order valence-corrected chi connectivity index (χ3v) is 6.91. The zero-order valence-electron chi connectivity index (χ0n) is 21.6. The van der Waals surface area contributed by atoms with Crippen LogP contribution in [0.4, 0.5) is 0 Å². The average molecular weight is 524 g/mol. The first kappa shape index (κ1) is 25.8. The summed E-state index contributed by atoms with van der Waals surface area (Å²) in [7, 11) is 1.61. The third kappa shape index (κ3) is 5.40. The Balaban J connectivity index is 1.45. The number of aryl methyl sites for hydroxylation is 1. The lowest BCUT2D eigenvalue weighted by atomic mass is 10.0. The van der Waals surface area contributed by atoms with E-state index in [1.165, 1.54) is 4.57 Å². The van der Waals surface area contributed by atoms with Gasteiger partial charge in [-0.1, -0.05) is 60.7 Å². The van der Waals surface area contributed by atoms with Crippen LogP contribution in [0.25, 0.3) is 21.8 Å². The van der Waals surface area contributed by atoms with Gasteiger partial charge in [-0.25, -0.2) is 4.79 Å². The van der Waals surface area contributed by atoms with Crippen molar-refractivity contribution in [2.75, 3.05) is 13.7 Å². The minimum absolute atomic E-state index is 0.00603. The number of carbonyl (C=O) groups excluding carboxylic acids is 1. The second kappa shape index (κ2) is 11.3. The number of para-hydroxylation sites is 1. The molecule has 0 aliphatic rings. The molecule has 0 spiro atoms. The molecule has 5 aromatic rings. The third-order valence-electron chi connectivity index (χ3n) is 6.91. The lowest BCUT2D eigenvalue weighted by Gasteiger charge is -2.10. The fraction of sp³-hybridized carbons (Fsp3) is 0.194. The summed E-state index contributed by atoms with van der Waals surface area (Å²) in [5.74, 6) is -0.504. The first-order valence-corrected chi connectivity index (χ1v) is 12.8. The van der Waals surface area contributed by atoms with Crippen LogP contribution in [0, 0.1) is 0 Å². The molecule has 0 radical (unpaired) electrons. The van der Waals surface area contributed by atoms with Crippen molar-refractivity contribution in [2.45, 2.75) is 25.9 Å². The number of hydrogen-bond donors (Lipinski definition) is 2. The summed E-state index contributed by atoms with van der Waals surface area (Å²) in [4.78, 5) is 37.9. The number of methoxy groups -OCH3 is 1. The summed E-state index contributed by atoms with van der Waals surface area (Å²) in [5, 5.41) is 14.3. The first-order valence-electron chi connectivity index (χ1n) is 12.8. The predicted molar refractivity (Wildman–Crippen MR) is 151 cm³/mol. The molecular formula is C31H29N3O5. The number of aromatic nitrogens is 2. The molecule has 0 atom stereocenters. The van der Waals surface area contributed by atoms with Crippen molar-refractivity contribution in [1.82, 2.24) is 14.5 Å². The van der Waals surface area contributed by atoms with Gasteiger partial charge in [0.2, 0.25) is 0 Å². The van der Waals surface area contributed by atoms with Crippen LogP contribution < -0.4 is 15.7 Å². The SMILES string of the molecule is COc1ccccc1CCNC(=O)c1ccc2c(c1)n(CCC(=O)O)c(=O)n2Cc1cccc2ccccc12. The van der Waals surface area contributed by atoms with E-state index in [1.54, 1.807) is 29.9 Å². The zero-order chi connectivity index (χ0) is 27.4. The van der Waals surface area contributed by atoms with Crippen molar-refractivity contribution >= 4 is 33.7 Å². The van der Waals surface area contributed by atoms with Gasteiger partial charge in [0.05, 0.1) is 31.1 Å².